The van der Waals surface area contributed by atoms with E-state index in [0.29, 0.717) is 0 Å². The number of benzene rings is 9. The molecule has 11 rings (SSSR count). The molecule has 0 amide bonds. The monoisotopic (exact) mass is 702 g/mol. The number of nitrogens with zero attached hydrogens (tertiary/aromatic N) is 2. The van der Waals surface area contributed by atoms with Gasteiger partial charge in [0.05, 0.1) is 27.8 Å². The molecule has 0 radical (unpaired) electrons. The minimum atomic E-state index is 0.861. The summed E-state index contributed by atoms with van der Waals surface area (Å²) in [5.41, 5.74) is 12.9. The minimum Gasteiger partial charge on any atom is -0.455 e. The molecule has 0 N–H and O–H groups in total. The SMILES string of the molecule is c1ccc(-c2ccccc2N(c2ccc3ccccc3c2)c2ccc(-c3cccc(-n4c5ccccc5c5ccccc54)c3)c3oc4ccccc4c23)cc1. The summed E-state index contributed by atoms with van der Waals surface area (Å²) < 4.78 is 9.30. The van der Waals surface area contributed by atoms with Gasteiger partial charge in [0.2, 0.25) is 0 Å². The quantitative estimate of drug-likeness (QED) is 0.172. The van der Waals surface area contributed by atoms with Crippen molar-refractivity contribution in [2.45, 2.75) is 0 Å². The molecule has 2 heterocycles. The van der Waals surface area contributed by atoms with E-state index in [0.717, 1.165) is 66.9 Å². The molecule has 258 valence electrons. The molecule has 11 aromatic rings. The van der Waals surface area contributed by atoms with Gasteiger partial charge in [-0.05, 0) is 82.6 Å². The van der Waals surface area contributed by atoms with Gasteiger partial charge in [-0.2, -0.15) is 0 Å². The standard InChI is InChI=1S/C52H34N2O/c1-2-16-36(17-3-1)41-21-6-10-25-46(41)54(40-30-29-35-15-4-5-18-37(35)33-40)49-32-31-42(52-51(49)45-24-9-13-28-50(45)55-52)38-19-14-20-39(34-38)53-47-26-11-7-22-43(47)44-23-8-12-27-48(44)53/h1-34H. The van der Waals surface area contributed by atoms with Crippen molar-refractivity contribution < 1.29 is 4.42 Å². The van der Waals surface area contributed by atoms with Gasteiger partial charge in [0, 0.05) is 38.7 Å². The van der Waals surface area contributed by atoms with Crippen molar-refractivity contribution in [3.8, 4) is 27.9 Å². The predicted octanol–water partition coefficient (Wildman–Crippen LogP) is 14.6. The van der Waals surface area contributed by atoms with E-state index in [4.69, 9.17) is 4.42 Å². The van der Waals surface area contributed by atoms with Crippen LogP contribution in [0, 0.1) is 0 Å². The molecular weight excluding hydrogens is 669 g/mol. The Morgan fingerprint density at radius 3 is 1.87 bits per heavy atom. The van der Waals surface area contributed by atoms with E-state index in [1.165, 1.54) is 32.6 Å². The van der Waals surface area contributed by atoms with Crippen molar-refractivity contribution in [1.29, 1.82) is 0 Å². The van der Waals surface area contributed by atoms with Crippen LogP contribution in [0.25, 0.3) is 82.5 Å². The Morgan fingerprint density at radius 1 is 0.400 bits per heavy atom. The Balaban J connectivity index is 1.17. The summed E-state index contributed by atoms with van der Waals surface area (Å²) in [6.07, 6.45) is 0. The first-order valence-corrected chi connectivity index (χ1v) is 18.8. The van der Waals surface area contributed by atoms with Crippen LogP contribution in [0.2, 0.25) is 0 Å². The second-order valence-corrected chi connectivity index (χ2v) is 14.1. The smallest absolute Gasteiger partial charge is 0.145 e. The summed E-state index contributed by atoms with van der Waals surface area (Å²) >= 11 is 0. The summed E-state index contributed by atoms with van der Waals surface area (Å²) in [6, 6.07) is 73.8. The first kappa shape index (κ1) is 31.2. The average molecular weight is 703 g/mol. The normalized spacial score (nSPS) is 11.6. The zero-order valence-corrected chi connectivity index (χ0v) is 29.9. The minimum absolute atomic E-state index is 0.861. The molecule has 55 heavy (non-hydrogen) atoms. The van der Waals surface area contributed by atoms with Crippen LogP contribution < -0.4 is 4.90 Å². The zero-order valence-electron chi connectivity index (χ0n) is 29.9. The van der Waals surface area contributed by atoms with Crippen molar-refractivity contribution in [1.82, 2.24) is 4.57 Å². The highest BCUT2D eigenvalue weighted by molar-refractivity contribution is 6.18. The first-order valence-electron chi connectivity index (χ1n) is 18.8. The van der Waals surface area contributed by atoms with Crippen molar-refractivity contribution in [3.63, 3.8) is 0 Å². The van der Waals surface area contributed by atoms with Gasteiger partial charge in [-0.1, -0.05) is 146 Å². The number of aromatic nitrogens is 1. The van der Waals surface area contributed by atoms with E-state index < -0.39 is 0 Å². The molecule has 0 aliphatic heterocycles. The van der Waals surface area contributed by atoms with Gasteiger partial charge < -0.3 is 13.9 Å². The van der Waals surface area contributed by atoms with Gasteiger partial charge >= 0.3 is 0 Å². The molecule has 2 aromatic heterocycles. The molecule has 0 atom stereocenters. The fourth-order valence-electron chi connectivity index (χ4n) is 8.49. The number of anilines is 3. The Morgan fingerprint density at radius 2 is 1.05 bits per heavy atom. The lowest BCUT2D eigenvalue weighted by molar-refractivity contribution is 0.670. The molecule has 3 nitrogen and oxygen atoms in total. The molecule has 0 fully saturated rings. The Hall–Kier alpha value is -7.36. The molecule has 0 aliphatic rings. The van der Waals surface area contributed by atoms with Crippen LogP contribution >= 0.6 is 0 Å². The molecule has 9 aromatic carbocycles. The van der Waals surface area contributed by atoms with Crippen LogP contribution in [-0.4, -0.2) is 4.57 Å². The fraction of sp³-hybridized carbons (Fsp3) is 0. The highest BCUT2D eigenvalue weighted by Crippen LogP contribution is 2.48. The number of hydrogen-bond donors (Lipinski definition) is 0. The van der Waals surface area contributed by atoms with E-state index in [1.807, 2.05) is 0 Å². The Labute approximate surface area is 318 Å². The number of rotatable bonds is 6. The highest BCUT2D eigenvalue weighted by atomic mass is 16.3. The van der Waals surface area contributed by atoms with E-state index in [2.05, 4.69) is 216 Å². The van der Waals surface area contributed by atoms with Crippen LogP contribution in [0.5, 0.6) is 0 Å². The van der Waals surface area contributed by atoms with E-state index in [1.54, 1.807) is 0 Å². The second kappa shape index (κ2) is 12.6. The topological polar surface area (TPSA) is 21.3 Å². The van der Waals surface area contributed by atoms with Gasteiger partial charge in [0.25, 0.3) is 0 Å². The average Bonchev–Trinajstić information content (AvgIpc) is 3.81. The maximum atomic E-state index is 6.92. The van der Waals surface area contributed by atoms with E-state index in [9.17, 15) is 0 Å². The fourth-order valence-corrected chi connectivity index (χ4v) is 8.49. The third-order valence-corrected chi connectivity index (χ3v) is 11.0. The number of hydrogen-bond acceptors (Lipinski definition) is 2. The first-order chi connectivity index (χ1) is 27.3. The van der Waals surface area contributed by atoms with E-state index >= 15 is 0 Å². The molecule has 0 aliphatic carbocycles. The van der Waals surface area contributed by atoms with Crippen LogP contribution in [0.1, 0.15) is 0 Å². The van der Waals surface area contributed by atoms with Crippen LogP contribution in [0.15, 0.2) is 211 Å². The van der Waals surface area contributed by atoms with Gasteiger partial charge in [-0.15, -0.1) is 0 Å². The molecular formula is C52H34N2O. The lowest BCUT2D eigenvalue weighted by atomic mass is 9.97. The second-order valence-electron chi connectivity index (χ2n) is 14.1. The third-order valence-electron chi connectivity index (χ3n) is 11.0. The van der Waals surface area contributed by atoms with Gasteiger partial charge in [0.1, 0.15) is 11.2 Å². The lowest BCUT2D eigenvalue weighted by Crippen LogP contribution is -2.11. The molecule has 0 unspecified atom stereocenters. The van der Waals surface area contributed by atoms with Crippen molar-refractivity contribution in [3.05, 3.63) is 206 Å². The highest BCUT2D eigenvalue weighted by Gasteiger charge is 2.24. The maximum Gasteiger partial charge on any atom is 0.145 e. The van der Waals surface area contributed by atoms with Gasteiger partial charge in [-0.3, -0.25) is 0 Å². The van der Waals surface area contributed by atoms with Crippen molar-refractivity contribution in [2.24, 2.45) is 0 Å². The number of para-hydroxylation sites is 4. The van der Waals surface area contributed by atoms with Crippen LogP contribution in [0.4, 0.5) is 17.1 Å². The zero-order chi connectivity index (χ0) is 36.3. The van der Waals surface area contributed by atoms with Crippen LogP contribution in [-0.2, 0) is 0 Å². The third kappa shape index (κ3) is 5.05. The predicted molar refractivity (Wildman–Crippen MR) is 231 cm³/mol. The molecule has 0 saturated heterocycles. The number of fused-ring (bicyclic) bond motifs is 7. The van der Waals surface area contributed by atoms with Gasteiger partial charge in [0.15, 0.2) is 0 Å². The molecule has 0 saturated carbocycles. The summed E-state index contributed by atoms with van der Waals surface area (Å²) in [4.78, 5) is 2.41. The largest absolute Gasteiger partial charge is 0.455 e. The molecule has 3 heteroatoms. The van der Waals surface area contributed by atoms with Crippen LogP contribution in [0.3, 0.4) is 0 Å². The lowest BCUT2D eigenvalue weighted by Gasteiger charge is -2.29. The van der Waals surface area contributed by atoms with Crippen molar-refractivity contribution in [2.75, 3.05) is 4.90 Å². The summed E-state index contributed by atoms with van der Waals surface area (Å²) in [6.45, 7) is 0. The summed E-state index contributed by atoms with van der Waals surface area (Å²) in [7, 11) is 0. The molecule has 0 spiro atoms. The Kier molecular flexibility index (Phi) is 7.17. The van der Waals surface area contributed by atoms with Crippen molar-refractivity contribution >= 4 is 71.6 Å². The van der Waals surface area contributed by atoms with E-state index in [-0.39, 0.29) is 0 Å². The summed E-state index contributed by atoms with van der Waals surface area (Å²) in [5, 5.41) is 7.05. The number of furan rings is 1. The Bertz CT molecular complexity index is 3170. The molecule has 0 bridgehead atoms. The summed E-state index contributed by atoms with van der Waals surface area (Å²) in [5.74, 6) is 0. The maximum absolute atomic E-state index is 6.92. The van der Waals surface area contributed by atoms with Gasteiger partial charge in [-0.25, -0.2) is 0 Å².